The number of esters is 3. The number of aliphatic carboxylic acids is 2. The first-order valence-corrected chi connectivity index (χ1v) is 9.21. The second-order valence-electron chi connectivity index (χ2n) is 6.69. The van der Waals surface area contributed by atoms with Crippen molar-refractivity contribution in [2.24, 2.45) is 11.8 Å². The number of carboxylic acid groups (broad SMARTS) is 2. The minimum Gasteiger partial charge on any atom is -0.481 e. The van der Waals surface area contributed by atoms with Gasteiger partial charge in [0.25, 0.3) is 0 Å². The highest BCUT2D eigenvalue weighted by atomic mass is 16.6. The number of rotatable bonds is 11. The Bertz CT molecular complexity index is 624. The maximum Gasteiger partial charge on any atom is 0.342 e. The van der Waals surface area contributed by atoms with Crippen molar-refractivity contribution in [2.45, 2.75) is 65.0 Å². The molecule has 0 spiro atoms. The van der Waals surface area contributed by atoms with Gasteiger partial charge in [0.05, 0.1) is 12.5 Å². The number of carboxylic acids is 2. The molecular formula is C18H30O13. The highest BCUT2D eigenvalue weighted by molar-refractivity contribution is 5.93. The predicted octanol–water partition coefficient (Wildman–Crippen LogP) is -1.36. The van der Waals surface area contributed by atoms with Crippen LogP contribution in [-0.2, 0) is 33.4 Å². The lowest BCUT2D eigenvalue weighted by molar-refractivity contribution is -0.184. The lowest BCUT2D eigenvalue weighted by atomic mass is 9.77. The van der Waals surface area contributed by atoms with Gasteiger partial charge in [-0.3, -0.25) is 14.4 Å². The molecule has 0 amide bonds. The summed E-state index contributed by atoms with van der Waals surface area (Å²) in [6.45, 7) is 4.12. The molecule has 0 saturated heterocycles. The van der Waals surface area contributed by atoms with E-state index in [1.54, 1.807) is 0 Å². The van der Waals surface area contributed by atoms with E-state index in [1.807, 2.05) is 6.92 Å². The van der Waals surface area contributed by atoms with E-state index < -0.39 is 72.7 Å². The van der Waals surface area contributed by atoms with Crippen LogP contribution in [0.5, 0.6) is 0 Å². The van der Waals surface area contributed by atoms with Gasteiger partial charge in [-0.2, -0.15) is 0 Å². The lowest BCUT2D eigenvalue weighted by Crippen LogP contribution is -2.52. The molecule has 4 atom stereocenters. The van der Waals surface area contributed by atoms with Gasteiger partial charge < -0.3 is 40.1 Å². The summed E-state index contributed by atoms with van der Waals surface area (Å²) in [4.78, 5) is 56.8. The van der Waals surface area contributed by atoms with E-state index >= 15 is 0 Å². The highest BCUT2D eigenvalue weighted by Gasteiger charge is 2.51. The summed E-state index contributed by atoms with van der Waals surface area (Å²) < 4.78 is 8.88. The van der Waals surface area contributed by atoms with Crippen LogP contribution in [0.4, 0.5) is 0 Å². The maximum atomic E-state index is 12.1. The first-order chi connectivity index (χ1) is 14.1. The zero-order chi connectivity index (χ0) is 24.9. The summed E-state index contributed by atoms with van der Waals surface area (Å²) in [5.74, 6) is -11.4. The summed E-state index contributed by atoms with van der Waals surface area (Å²) in [5.41, 5.74) is -2.89. The Hall–Kier alpha value is -2.61. The van der Waals surface area contributed by atoms with Gasteiger partial charge in [0.1, 0.15) is 12.0 Å². The molecule has 0 bridgehead atoms. The van der Waals surface area contributed by atoms with Crippen LogP contribution in [0.1, 0.15) is 47.0 Å². The lowest BCUT2D eigenvalue weighted by Gasteiger charge is -2.30. The second kappa shape index (κ2) is 14.4. The van der Waals surface area contributed by atoms with Crippen LogP contribution in [0.25, 0.3) is 0 Å². The van der Waals surface area contributed by atoms with Crippen LogP contribution in [0.3, 0.4) is 0 Å². The van der Waals surface area contributed by atoms with Crippen LogP contribution in [0, 0.1) is 11.8 Å². The van der Waals surface area contributed by atoms with Crippen LogP contribution < -0.4 is 0 Å². The molecule has 13 heteroatoms. The van der Waals surface area contributed by atoms with Crippen molar-refractivity contribution >= 4 is 29.8 Å². The number of carbonyl (C=O) groups excluding carboxylic acids is 3. The van der Waals surface area contributed by atoms with Crippen LogP contribution in [0.15, 0.2) is 0 Å². The van der Waals surface area contributed by atoms with E-state index in [1.165, 1.54) is 0 Å². The number of carbonyl (C=O) groups is 5. The Balaban J connectivity index is 0. The molecule has 0 aliphatic rings. The highest BCUT2D eigenvalue weighted by Crippen LogP contribution is 2.30. The van der Waals surface area contributed by atoms with E-state index in [0.29, 0.717) is 13.3 Å². The first kappa shape index (κ1) is 30.6. The number of hydrogen-bond acceptors (Lipinski definition) is 11. The Morgan fingerprint density at radius 1 is 0.968 bits per heavy atom. The van der Waals surface area contributed by atoms with Gasteiger partial charge in [0.2, 0.25) is 0 Å². The number of aliphatic hydroxyl groups excluding tert-OH is 2. The van der Waals surface area contributed by atoms with Gasteiger partial charge in [0, 0.05) is 6.92 Å². The third-order valence-corrected chi connectivity index (χ3v) is 3.83. The Morgan fingerprint density at radius 3 is 1.77 bits per heavy atom. The molecule has 0 fully saturated rings. The topological polar surface area (TPSA) is 225 Å². The molecule has 4 unspecified atom stereocenters. The quantitative estimate of drug-likeness (QED) is 0.121. The van der Waals surface area contributed by atoms with Crippen molar-refractivity contribution < 1.29 is 64.1 Å². The van der Waals surface area contributed by atoms with Crippen molar-refractivity contribution in [1.29, 1.82) is 0 Å². The molecule has 13 nitrogen and oxygen atoms in total. The Labute approximate surface area is 178 Å². The molecule has 0 aliphatic carbocycles. The molecule has 0 aliphatic heterocycles. The molecule has 0 aromatic rings. The van der Waals surface area contributed by atoms with Crippen LogP contribution >= 0.6 is 0 Å². The average molecular weight is 454 g/mol. The largest absolute Gasteiger partial charge is 0.481 e. The van der Waals surface area contributed by atoms with E-state index in [4.69, 9.17) is 20.4 Å². The second-order valence-corrected chi connectivity index (χ2v) is 6.69. The van der Waals surface area contributed by atoms with Crippen LogP contribution in [0.2, 0.25) is 0 Å². The fourth-order valence-corrected chi connectivity index (χ4v) is 2.21. The zero-order valence-electron chi connectivity index (χ0n) is 17.7. The zero-order valence-corrected chi connectivity index (χ0v) is 17.7. The fraction of sp³-hybridized carbons (Fsp3) is 0.722. The van der Waals surface area contributed by atoms with Crippen molar-refractivity contribution in [3.05, 3.63) is 0 Å². The number of aliphatic hydroxyl groups is 4. The first-order valence-electron chi connectivity index (χ1n) is 9.21. The minimum absolute atomic E-state index is 0.486. The van der Waals surface area contributed by atoms with Crippen molar-refractivity contribution in [1.82, 2.24) is 0 Å². The molecule has 0 rings (SSSR count). The van der Waals surface area contributed by atoms with E-state index in [9.17, 15) is 34.2 Å². The molecule has 31 heavy (non-hydrogen) atoms. The van der Waals surface area contributed by atoms with Gasteiger partial charge in [-0.05, 0) is 26.7 Å². The van der Waals surface area contributed by atoms with Crippen molar-refractivity contribution in [3.8, 4) is 0 Å². The molecule has 180 valence electrons. The number of ether oxygens (including phenoxy) is 2. The molecule has 6 N–H and O–H groups in total. The Kier molecular flexibility index (Phi) is 14.2. The summed E-state index contributed by atoms with van der Waals surface area (Å²) in [6.07, 6.45) is -2.01. The Morgan fingerprint density at radius 2 is 1.48 bits per heavy atom. The summed E-state index contributed by atoms with van der Waals surface area (Å²) >= 11 is 0. The molecule has 0 saturated carbocycles. The normalized spacial score (nSPS) is 15.4. The van der Waals surface area contributed by atoms with Gasteiger partial charge >= 0.3 is 29.8 Å². The molecular weight excluding hydrogens is 424 g/mol. The van der Waals surface area contributed by atoms with Crippen LogP contribution in [-0.4, -0.2) is 85.1 Å². The third kappa shape index (κ3) is 12.0. The third-order valence-electron chi connectivity index (χ3n) is 3.83. The van der Waals surface area contributed by atoms with E-state index in [0.717, 1.165) is 20.3 Å². The van der Waals surface area contributed by atoms with Crippen molar-refractivity contribution in [3.63, 3.8) is 0 Å². The monoisotopic (exact) mass is 454 g/mol. The van der Waals surface area contributed by atoms with Gasteiger partial charge in [-0.1, -0.05) is 13.3 Å². The molecule has 0 aromatic carbocycles. The van der Waals surface area contributed by atoms with Crippen molar-refractivity contribution in [2.75, 3.05) is 6.61 Å². The van der Waals surface area contributed by atoms with E-state index in [2.05, 4.69) is 9.47 Å². The number of hydrogen-bond donors (Lipinski definition) is 6. The average Bonchev–Trinajstić information content (AvgIpc) is 2.59. The molecule has 0 heterocycles. The maximum absolute atomic E-state index is 12.1. The van der Waals surface area contributed by atoms with Gasteiger partial charge in [-0.25, -0.2) is 9.59 Å². The van der Waals surface area contributed by atoms with Gasteiger partial charge in [0.15, 0.2) is 11.9 Å². The smallest absolute Gasteiger partial charge is 0.342 e. The summed E-state index contributed by atoms with van der Waals surface area (Å²) in [7, 11) is 0. The van der Waals surface area contributed by atoms with Gasteiger partial charge in [-0.15, -0.1) is 0 Å². The summed E-state index contributed by atoms with van der Waals surface area (Å²) in [5, 5.41) is 53.5. The molecule has 0 aromatic heterocycles. The summed E-state index contributed by atoms with van der Waals surface area (Å²) in [6, 6.07) is 0. The molecule has 0 radical (unpaired) electrons. The minimum atomic E-state index is -2.89. The van der Waals surface area contributed by atoms with E-state index in [-0.39, 0.29) is 0 Å². The fourth-order valence-electron chi connectivity index (χ4n) is 2.21. The SMILES string of the molecule is CC(=O)OCCC(C(=O)OC(=O)C(C)O)C(C(=O)O)C(C)(O)C(=O)O.CCCC(O)O. The standard InChI is InChI=1S/C14H20O11.C4H10O2/c1-6(15)11(19)25-12(20)8(4-5-24-7(2)16)9(10(17)18)14(3,23)13(21)22;1-2-3-4(5)6/h6,8-9,15,23H,4-5H2,1-3H3,(H,17,18)(H,21,22);4-6H,2-3H2,1H3. The predicted molar refractivity (Wildman–Crippen MR) is 100 cm³/mol.